The summed E-state index contributed by atoms with van der Waals surface area (Å²) in [5.41, 5.74) is 0. The zero-order chi connectivity index (χ0) is 13.3. The number of nitrogens with zero attached hydrogens (tertiary/aromatic N) is 1. The predicted octanol–water partition coefficient (Wildman–Crippen LogP) is 1.81. The smallest absolute Gasteiger partial charge is 0.395 e. The van der Waals surface area contributed by atoms with Crippen LogP contribution < -0.4 is 0 Å². The van der Waals surface area contributed by atoms with E-state index in [1.165, 1.54) is 0 Å². The molecule has 2 saturated carbocycles. The molecule has 2 rings (SSSR count). The Balaban J connectivity index is 1.96. The number of carbonyl (C=O) groups is 1. The quantitative estimate of drug-likeness (QED) is 0.842. The van der Waals surface area contributed by atoms with E-state index in [4.69, 9.17) is 5.11 Å². The highest BCUT2D eigenvalue weighted by atomic mass is 19.4. The molecule has 0 radical (unpaired) electrons. The van der Waals surface area contributed by atoms with Gasteiger partial charge in [-0.1, -0.05) is 12.8 Å². The molecule has 2 atom stereocenters. The molecule has 0 aliphatic heterocycles. The second-order valence-corrected chi connectivity index (χ2v) is 5.24. The Morgan fingerprint density at radius 2 is 1.78 bits per heavy atom. The van der Waals surface area contributed by atoms with Crippen LogP contribution in [0, 0.1) is 17.8 Å². The molecule has 2 aliphatic carbocycles. The van der Waals surface area contributed by atoms with Gasteiger partial charge in [0.05, 0.1) is 6.61 Å². The lowest BCUT2D eigenvalue weighted by Gasteiger charge is -2.23. The van der Waals surface area contributed by atoms with Gasteiger partial charge in [0.2, 0.25) is 5.91 Å². The Kier molecular flexibility index (Phi) is 3.84. The molecule has 0 aromatic carbocycles. The summed E-state index contributed by atoms with van der Waals surface area (Å²) in [5.74, 6) is -0.0546. The number of halogens is 3. The third-order valence-electron chi connectivity index (χ3n) is 3.99. The van der Waals surface area contributed by atoms with E-state index in [-0.39, 0.29) is 12.5 Å². The van der Waals surface area contributed by atoms with Crippen LogP contribution in [-0.4, -0.2) is 41.8 Å². The van der Waals surface area contributed by atoms with Gasteiger partial charge < -0.3 is 10.0 Å². The van der Waals surface area contributed by atoms with Crippen LogP contribution in [0.4, 0.5) is 13.2 Å². The number of aliphatic hydroxyl groups is 1. The van der Waals surface area contributed by atoms with Crippen LogP contribution in [0.2, 0.25) is 0 Å². The van der Waals surface area contributed by atoms with Crippen LogP contribution in [0.25, 0.3) is 0 Å². The lowest BCUT2D eigenvalue weighted by Crippen LogP contribution is -2.41. The van der Waals surface area contributed by atoms with E-state index in [0.717, 1.165) is 30.6 Å². The predicted molar refractivity (Wildman–Crippen MR) is 58.7 cm³/mol. The van der Waals surface area contributed by atoms with E-state index in [0.29, 0.717) is 11.8 Å². The van der Waals surface area contributed by atoms with Crippen molar-refractivity contribution >= 4 is 5.91 Å². The molecule has 0 saturated heterocycles. The van der Waals surface area contributed by atoms with Crippen LogP contribution in [0.3, 0.4) is 0 Å². The molecule has 6 heteroatoms. The SMILES string of the molecule is O=C(C1C2CCCCC21)N(CCO)CC(F)(F)F. The van der Waals surface area contributed by atoms with Crippen molar-refractivity contribution in [2.24, 2.45) is 17.8 Å². The molecule has 18 heavy (non-hydrogen) atoms. The van der Waals surface area contributed by atoms with E-state index >= 15 is 0 Å². The molecule has 2 aliphatic rings. The van der Waals surface area contributed by atoms with Gasteiger partial charge in [-0.25, -0.2) is 0 Å². The molecule has 2 fully saturated rings. The molecule has 0 bridgehead atoms. The molecule has 1 N–H and O–H groups in total. The van der Waals surface area contributed by atoms with E-state index in [2.05, 4.69) is 0 Å². The Hall–Kier alpha value is -0.780. The first kappa shape index (κ1) is 13.6. The van der Waals surface area contributed by atoms with Crippen LogP contribution in [-0.2, 0) is 4.79 Å². The van der Waals surface area contributed by atoms with E-state index in [1.54, 1.807) is 0 Å². The molecular weight excluding hydrogens is 247 g/mol. The lowest BCUT2D eigenvalue weighted by atomic mass is 10.0. The maximum atomic E-state index is 12.4. The van der Waals surface area contributed by atoms with Crippen molar-refractivity contribution in [3.05, 3.63) is 0 Å². The molecule has 104 valence electrons. The fourth-order valence-electron chi connectivity index (χ4n) is 3.17. The molecule has 3 nitrogen and oxygen atoms in total. The molecular formula is C12H18F3NO2. The molecule has 1 amide bonds. The summed E-state index contributed by atoms with van der Waals surface area (Å²) in [6.07, 6.45) is -0.334. The fraction of sp³-hybridized carbons (Fsp3) is 0.917. The number of alkyl halides is 3. The standard InChI is InChI=1S/C12H18F3NO2/c13-12(14,15)7-16(5-6-17)11(18)10-8-3-1-2-4-9(8)10/h8-10,17H,1-7H2. The van der Waals surface area contributed by atoms with Crippen molar-refractivity contribution in [3.63, 3.8) is 0 Å². The number of fused-ring (bicyclic) bond motifs is 1. The summed E-state index contributed by atoms with van der Waals surface area (Å²) in [4.78, 5) is 12.8. The molecule has 0 aromatic rings. The minimum Gasteiger partial charge on any atom is -0.395 e. The van der Waals surface area contributed by atoms with Gasteiger partial charge in [0.25, 0.3) is 0 Å². The lowest BCUT2D eigenvalue weighted by molar-refractivity contribution is -0.163. The average molecular weight is 265 g/mol. The zero-order valence-electron chi connectivity index (χ0n) is 10.1. The minimum atomic E-state index is -4.40. The van der Waals surface area contributed by atoms with E-state index in [9.17, 15) is 18.0 Å². The van der Waals surface area contributed by atoms with Crippen molar-refractivity contribution in [2.45, 2.75) is 31.9 Å². The van der Waals surface area contributed by atoms with E-state index < -0.39 is 25.2 Å². The number of amides is 1. The fourth-order valence-corrected chi connectivity index (χ4v) is 3.17. The number of hydrogen-bond donors (Lipinski definition) is 1. The third kappa shape index (κ3) is 2.96. The Bertz CT molecular complexity index is 307. The summed E-state index contributed by atoms with van der Waals surface area (Å²) < 4.78 is 37.1. The maximum Gasteiger partial charge on any atom is 0.406 e. The molecule has 0 spiro atoms. The first-order valence-corrected chi connectivity index (χ1v) is 6.40. The first-order chi connectivity index (χ1) is 8.44. The van der Waals surface area contributed by atoms with Crippen molar-refractivity contribution in [1.29, 1.82) is 0 Å². The summed E-state index contributed by atoms with van der Waals surface area (Å²) in [5, 5.41) is 8.78. The average Bonchev–Trinajstić information content (AvgIpc) is 3.00. The normalized spacial score (nSPS) is 30.8. The van der Waals surface area contributed by atoms with Gasteiger partial charge in [0, 0.05) is 12.5 Å². The number of hydrogen-bond acceptors (Lipinski definition) is 2. The maximum absolute atomic E-state index is 12.4. The second-order valence-electron chi connectivity index (χ2n) is 5.24. The molecule has 0 aromatic heterocycles. The van der Waals surface area contributed by atoms with Crippen LogP contribution in [0.15, 0.2) is 0 Å². The Morgan fingerprint density at radius 3 is 2.22 bits per heavy atom. The number of carbonyl (C=O) groups excluding carboxylic acids is 1. The highest BCUT2D eigenvalue weighted by molar-refractivity contribution is 5.82. The van der Waals surface area contributed by atoms with Crippen LogP contribution >= 0.6 is 0 Å². The highest BCUT2D eigenvalue weighted by Crippen LogP contribution is 2.56. The number of rotatable bonds is 4. The van der Waals surface area contributed by atoms with Gasteiger partial charge in [-0.3, -0.25) is 4.79 Å². The van der Waals surface area contributed by atoms with Gasteiger partial charge in [-0.05, 0) is 24.7 Å². The number of aliphatic hydroxyl groups excluding tert-OH is 1. The summed E-state index contributed by atoms with van der Waals surface area (Å²) >= 11 is 0. The van der Waals surface area contributed by atoms with Crippen molar-refractivity contribution in [3.8, 4) is 0 Å². The van der Waals surface area contributed by atoms with Gasteiger partial charge in [-0.2, -0.15) is 13.2 Å². The van der Waals surface area contributed by atoms with Crippen LogP contribution in [0.5, 0.6) is 0 Å². The summed E-state index contributed by atoms with van der Waals surface area (Å²) in [6, 6.07) is 0. The summed E-state index contributed by atoms with van der Waals surface area (Å²) in [6.45, 7) is -1.90. The minimum absolute atomic E-state index is 0.221. The third-order valence-corrected chi connectivity index (χ3v) is 3.99. The van der Waals surface area contributed by atoms with Crippen molar-refractivity contribution < 1.29 is 23.1 Å². The van der Waals surface area contributed by atoms with Crippen molar-refractivity contribution in [1.82, 2.24) is 4.90 Å². The second kappa shape index (κ2) is 5.07. The topological polar surface area (TPSA) is 40.5 Å². The molecule has 2 unspecified atom stereocenters. The Labute approximate surface area is 104 Å². The zero-order valence-corrected chi connectivity index (χ0v) is 10.1. The monoisotopic (exact) mass is 265 g/mol. The molecule has 0 heterocycles. The van der Waals surface area contributed by atoms with Gasteiger partial charge >= 0.3 is 6.18 Å². The van der Waals surface area contributed by atoms with Crippen molar-refractivity contribution in [2.75, 3.05) is 19.7 Å². The summed E-state index contributed by atoms with van der Waals surface area (Å²) in [7, 11) is 0. The first-order valence-electron chi connectivity index (χ1n) is 6.40. The van der Waals surface area contributed by atoms with E-state index in [1.807, 2.05) is 0 Å². The van der Waals surface area contributed by atoms with Gasteiger partial charge in [0.15, 0.2) is 0 Å². The van der Waals surface area contributed by atoms with Crippen LogP contribution in [0.1, 0.15) is 25.7 Å². The highest BCUT2D eigenvalue weighted by Gasteiger charge is 2.56. The Morgan fingerprint density at radius 1 is 1.22 bits per heavy atom. The van der Waals surface area contributed by atoms with Gasteiger partial charge in [0.1, 0.15) is 6.54 Å². The van der Waals surface area contributed by atoms with Gasteiger partial charge in [-0.15, -0.1) is 0 Å². The largest absolute Gasteiger partial charge is 0.406 e.